The van der Waals surface area contributed by atoms with E-state index in [0.29, 0.717) is 0 Å². The number of hydrogen-bond donors (Lipinski definition) is 0. The van der Waals surface area contributed by atoms with Gasteiger partial charge >= 0.3 is 0 Å². The van der Waals surface area contributed by atoms with Crippen molar-refractivity contribution in [3.05, 3.63) is 229 Å². The second kappa shape index (κ2) is 11.8. The van der Waals surface area contributed by atoms with E-state index in [-0.39, 0.29) is 0 Å². The maximum atomic E-state index is 6.84. The zero-order valence-electron chi connectivity index (χ0n) is 31.5. The molecular formula is C57H34O. The van der Waals surface area contributed by atoms with Crippen LogP contribution >= 0.6 is 0 Å². The van der Waals surface area contributed by atoms with Crippen molar-refractivity contribution in [3.63, 3.8) is 0 Å². The van der Waals surface area contributed by atoms with Gasteiger partial charge in [-0.1, -0.05) is 170 Å². The van der Waals surface area contributed by atoms with Crippen molar-refractivity contribution in [2.24, 2.45) is 0 Å². The second-order valence-electron chi connectivity index (χ2n) is 15.9. The Morgan fingerprint density at radius 1 is 0.276 bits per heavy atom. The van der Waals surface area contributed by atoms with Crippen LogP contribution in [0.5, 0.6) is 11.5 Å². The van der Waals surface area contributed by atoms with Gasteiger partial charge in [-0.2, -0.15) is 0 Å². The van der Waals surface area contributed by atoms with Crippen LogP contribution in [0.15, 0.2) is 206 Å². The fourth-order valence-electron chi connectivity index (χ4n) is 10.7. The van der Waals surface area contributed by atoms with Crippen molar-refractivity contribution in [1.82, 2.24) is 0 Å². The van der Waals surface area contributed by atoms with Crippen LogP contribution in [0.3, 0.4) is 0 Å². The first-order chi connectivity index (χ1) is 28.8. The van der Waals surface area contributed by atoms with E-state index < -0.39 is 5.41 Å². The van der Waals surface area contributed by atoms with Crippen molar-refractivity contribution in [2.75, 3.05) is 0 Å². The SMILES string of the molecule is c1ccc2c(c1)Oc1ccccc1C21c2cc(-c3c4ccccc4cc4ccccc34)ccc2-c2c1cc(-c1c3ccccc3cc3ccccc13)c1ccccc21. The molecule has 1 nitrogen and oxygen atoms in total. The first-order valence-corrected chi connectivity index (χ1v) is 20.2. The minimum absolute atomic E-state index is 0.661. The molecule has 0 fully saturated rings. The van der Waals surface area contributed by atoms with Crippen LogP contribution < -0.4 is 4.74 Å². The van der Waals surface area contributed by atoms with E-state index in [1.165, 1.54) is 98.4 Å². The molecule has 0 radical (unpaired) electrons. The molecule has 2 aliphatic rings. The maximum Gasteiger partial charge on any atom is 0.132 e. The zero-order valence-corrected chi connectivity index (χ0v) is 31.5. The lowest BCUT2D eigenvalue weighted by atomic mass is 9.65. The standard InChI is InChI=1S/C57H34O/c1-5-19-40-35(15-1)31-36-16-2-6-20-41(36)54(40)39-29-30-46-50(33-39)57(48-25-11-13-27-52(48)58-53-28-14-12-26-49(53)57)51-34-47(44-23-9-10-24-45(44)56(46)51)55-42-21-7-3-17-37(42)32-38-18-4-8-22-43(38)55/h1-34H. The van der Waals surface area contributed by atoms with E-state index in [0.717, 1.165) is 22.6 Å². The largest absolute Gasteiger partial charge is 0.457 e. The summed E-state index contributed by atoms with van der Waals surface area (Å²) >= 11 is 0. The van der Waals surface area contributed by atoms with Gasteiger partial charge in [-0.3, -0.25) is 0 Å². The van der Waals surface area contributed by atoms with Crippen LogP contribution in [0.2, 0.25) is 0 Å². The average Bonchev–Trinajstić information content (AvgIpc) is 3.57. The lowest BCUT2D eigenvalue weighted by Gasteiger charge is -2.39. The number of fused-ring (bicyclic) bond motifs is 15. The van der Waals surface area contributed by atoms with Crippen LogP contribution in [0.4, 0.5) is 0 Å². The Kier molecular flexibility index (Phi) is 6.43. The molecule has 1 aliphatic carbocycles. The van der Waals surface area contributed by atoms with Crippen molar-refractivity contribution < 1.29 is 4.74 Å². The molecule has 1 spiro atoms. The van der Waals surface area contributed by atoms with Gasteiger partial charge in [-0.25, -0.2) is 0 Å². The zero-order chi connectivity index (χ0) is 38.0. The lowest BCUT2D eigenvalue weighted by Crippen LogP contribution is -2.32. The van der Waals surface area contributed by atoms with Crippen LogP contribution in [0.25, 0.3) is 87.2 Å². The molecule has 0 unspecified atom stereocenters. The fraction of sp³-hybridized carbons (Fsp3) is 0.0175. The molecule has 13 rings (SSSR count). The molecular weight excluding hydrogens is 701 g/mol. The maximum absolute atomic E-state index is 6.84. The Morgan fingerprint density at radius 3 is 1.28 bits per heavy atom. The van der Waals surface area contributed by atoms with E-state index in [9.17, 15) is 0 Å². The highest BCUT2D eigenvalue weighted by atomic mass is 16.5. The molecule has 0 amide bonds. The smallest absolute Gasteiger partial charge is 0.132 e. The summed E-state index contributed by atoms with van der Waals surface area (Å²) in [5, 5.41) is 12.5. The molecule has 0 saturated heterocycles. The molecule has 0 atom stereocenters. The van der Waals surface area contributed by atoms with Crippen molar-refractivity contribution in [3.8, 4) is 44.9 Å². The van der Waals surface area contributed by atoms with Gasteiger partial charge in [0, 0.05) is 11.1 Å². The van der Waals surface area contributed by atoms with Gasteiger partial charge in [0.1, 0.15) is 11.5 Å². The van der Waals surface area contributed by atoms with Crippen molar-refractivity contribution in [1.29, 1.82) is 0 Å². The Bertz CT molecular complexity index is 3400. The van der Waals surface area contributed by atoms with Gasteiger partial charge < -0.3 is 4.74 Å². The summed E-state index contributed by atoms with van der Waals surface area (Å²) in [6, 6.07) is 76.5. The molecule has 11 aromatic carbocycles. The molecule has 0 saturated carbocycles. The summed E-state index contributed by atoms with van der Waals surface area (Å²) in [7, 11) is 0. The summed E-state index contributed by atoms with van der Waals surface area (Å²) in [6.07, 6.45) is 0. The predicted octanol–water partition coefficient (Wildman–Crippen LogP) is 15.3. The van der Waals surface area contributed by atoms with Crippen LogP contribution in [-0.2, 0) is 5.41 Å². The van der Waals surface area contributed by atoms with Crippen LogP contribution in [0.1, 0.15) is 22.3 Å². The van der Waals surface area contributed by atoms with Gasteiger partial charge in [0.2, 0.25) is 0 Å². The minimum Gasteiger partial charge on any atom is -0.457 e. The molecule has 0 N–H and O–H groups in total. The molecule has 1 aliphatic heterocycles. The van der Waals surface area contributed by atoms with E-state index >= 15 is 0 Å². The number of hydrogen-bond acceptors (Lipinski definition) is 1. The van der Waals surface area contributed by atoms with E-state index in [2.05, 4.69) is 206 Å². The number of ether oxygens (including phenoxy) is 1. The van der Waals surface area contributed by atoms with E-state index in [1.54, 1.807) is 0 Å². The number of benzene rings is 11. The summed E-state index contributed by atoms with van der Waals surface area (Å²) in [5.41, 5.74) is 11.8. The molecule has 0 aromatic heterocycles. The van der Waals surface area contributed by atoms with Gasteiger partial charge in [-0.05, 0) is 135 Å². The minimum atomic E-state index is -0.661. The molecule has 11 aromatic rings. The highest BCUT2D eigenvalue weighted by Gasteiger charge is 2.52. The van der Waals surface area contributed by atoms with Crippen LogP contribution in [0, 0.1) is 0 Å². The quantitative estimate of drug-likeness (QED) is 0.161. The molecule has 1 heteroatoms. The Labute approximate surface area is 336 Å². The third kappa shape index (κ3) is 4.15. The van der Waals surface area contributed by atoms with Crippen molar-refractivity contribution in [2.45, 2.75) is 5.41 Å². The normalized spacial score (nSPS) is 13.4. The van der Waals surface area contributed by atoms with Gasteiger partial charge in [0.05, 0.1) is 5.41 Å². The third-order valence-corrected chi connectivity index (χ3v) is 13.0. The predicted molar refractivity (Wildman–Crippen MR) is 242 cm³/mol. The fourth-order valence-corrected chi connectivity index (χ4v) is 10.7. The highest BCUT2D eigenvalue weighted by molar-refractivity contribution is 6.20. The average molecular weight is 735 g/mol. The van der Waals surface area contributed by atoms with Crippen LogP contribution in [-0.4, -0.2) is 0 Å². The van der Waals surface area contributed by atoms with Gasteiger partial charge in [-0.15, -0.1) is 0 Å². The van der Waals surface area contributed by atoms with E-state index in [1.807, 2.05) is 0 Å². The number of para-hydroxylation sites is 2. The van der Waals surface area contributed by atoms with Crippen molar-refractivity contribution >= 4 is 53.9 Å². The summed E-state index contributed by atoms with van der Waals surface area (Å²) < 4.78 is 6.84. The second-order valence-corrected chi connectivity index (χ2v) is 15.9. The first-order valence-electron chi connectivity index (χ1n) is 20.2. The number of rotatable bonds is 2. The summed E-state index contributed by atoms with van der Waals surface area (Å²) in [4.78, 5) is 0. The molecule has 58 heavy (non-hydrogen) atoms. The Hall–Kier alpha value is -7.48. The third-order valence-electron chi connectivity index (χ3n) is 13.0. The monoisotopic (exact) mass is 734 g/mol. The highest BCUT2D eigenvalue weighted by Crippen LogP contribution is 2.64. The lowest BCUT2D eigenvalue weighted by molar-refractivity contribution is 0.436. The first kappa shape index (κ1) is 31.7. The Balaban J connectivity index is 1.22. The summed E-state index contributed by atoms with van der Waals surface area (Å²) in [5.74, 6) is 1.79. The molecule has 268 valence electrons. The summed E-state index contributed by atoms with van der Waals surface area (Å²) in [6.45, 7) is 0. The Morgan fingerprint density at radius 2 is 0.724 bits per heavy atom. The van der Waals surface area contributed by atoms with Gasteiger partial charge in [0.25, 0.3) is 0 Å². The van der Waals surface area contributed by atoms with E-state index in [4.69, 9.17) is 4.74 Å². The van der Waals surface area contributed by atoms with Gasteiger partial charge in [0.15, 0.2) is 0 Å². The topological polar surface area (TPSA) is 9.23 Å². The molecule has 0 bridgehead atoms. The molecule has 1 heterocycles.